The number of urea groups is 1. The van der Waals surface area contributed by atoms with E-state index < -0.39 is 0 Å². The molecule has 22 heavy (non-hydrogen) atoms. The first-order chi connectivity index (χ1) is 10.8. The summed E-state index contributed by atoms with van der Waals surface area (Å²) in [4.78, 5) is 16.5. The number of carbonyl (C=O) groups is 1. The molecule has 2 aromatic rings. The third-order valence-electron chi connectivity index (χ3n) is 3.95. The minimum absolute atomic E-state index is 0.173. The SMILES string of the molecule is O=C(Nc1cccnc1-n1cccn1)NC1CCCCCC1. The van der Waals surface area contributed by atoms with Crippen molar-refractivity contribution >= 4 is 11.7 Å². The molecule has 0 unspecified atom stereocenters. The van der Waals surface area contributed by atoms with Gasteiger partial charge in [-0.3, -0.25) is 0 Å². The van der Waals surface area contributed by atoms with Crippen LogP contribution in [-0.4, -0.2) is 26.8 Å². The summed E-state index contributed by atoms with van der Waals surface area (Å²) in [5.74, 6) is 0.614. The molecule has 1 aliphatic carbocycles. The van der Waals surface area contributed by atoms with Gasteiger partial charge in [-0.05, 0) is 31.0 Å². The molecule has 116 valence electrons. The van der Waals surface area contributed by atoms with Crippen molar-refractivity contribution in [3.05, 3.63) is 36.8 Å². The van der Waals surface area contributed by atoms with Gasteiger partial charge in [0.15, 0.2) is 5.82 Å². The van der Waals surface area contributed by atoms with Gasteiger partial charge >= 0.3 is 6.03 Å². The van der Waals surface area contributed by atoms with Gasteiger partial charge in [-0.1, -0.05) is 25.7 Å². The minimum atomic E-state index is -0.173. The van der Waals surface area contributed by atoms with Crippen LogP contribution in [0.2, 0.25) is 0 Å². The molecule has 1 saturated carbocycles. The Morgan fingerprint density at radius 2 is 1.95 bits per heavy atom. The van der Waals surface area contributed by atoms with Crippen molar-refractivity contribution in [3.63, 3.8) is 0 Å². The number of rotatable bonds is 3. The third kappa shape index (κ3) is 3.63. The first-order valence-corrected chi connectivity index (χ1v) is 7.85. The molecule has 2 heterocycles. The van der Waals surface area contributed by atoms with Crippen molar-refractivity contribution in [3.8, 4) is 5.82 Å². The average Bonchev–Trinajstić information content (AvgIpc) is 2.93. The molecule has 0 saturated heterocycles. The molecular weight excluding hydrogens is 278 g/mol. The number of anilines is 1. The molecule has 3 rings (SSSR count). The Hall–Kier alpha value is -2.37. The number of hydrogen-bond acceptors (Lipinski definition) is 3. The maximum atomic E-state index is 12.2. The van der Waals surface area contributed by atoms with Crippen LogP contribution in [-0.2, 0) is 0 Å². The number of nitrogens with one attached hydrogen (secondary N) is 2. The second-order valence-corrected chi connectivity index (χ2v) is 5.61. The van der Waals surface area contributed by atoms with Crippen molar-refractivity contribution in [1.82, 2.24) is 20.1 Å². The number of pyridine rings is 1. The van der Waals surface area contributed by atoms with Gasteiger partial charge in [0, 0.05) is 24.6 Å². The van der Waals surface area contributed by atoms with Gasteiger partial charge in [0.25, 0.3) is 0 Å². The highest BCUT2D eigenvalue weighted by Crippen LogP contribution is 2.18. The first-order valence-electron chi connectivity index (χ1n) is 7.85. The molecule has 2 N–H and O–H groups in total. The van der Waals surface area contributed by atoms with Gasteiger partial charge in [-0.25, -0.2) is 14.5 Å². The molecule has 2 amide bonds. The van der Waals surface area contributed by atoms with Crippen LogP contribution >= 0.6 is 0 Å². The lowest BCUT2D eigenvalue weighted by Crippen LogP contribution is -2.37. The monoisotopic (exact) mass is 299 g/mol. The van der Waals surface area contributed by atoms with Crippen molar-refractivity contribution in [1.29, 1.82) is 0 Å². The summed E-state index contributed by atoms with van der Waals surface area (Å²) in [7, 11) is 0. The molecule has 6 heteroatoms. The predicted octanol–water partition coefficient (Wildman–Crippen LogP) is 3.11. The average molecular weight is 299 g/mol. The maximum absolute atomic E-state index is 12.2. The summed E-state index contributed by atoms with van der Waals surface area (Å²) in [6.45, 7) is 0. The summed E-state index contributed by atoms with van der Waals surface area (Å²) in [5.41, 5.74) is 0.650. The highest BCUT2D eigenvalue weighted by molar-refractivity contribution is 5.91. The second kappa shape index (κ2) is 7.06. The molecule has 2 aromatic heterocycles. The van der Waals surface area contributed by atoms with Crippen LogP contribution in [0.15, 0.2) is 36.8 Å². The van der Waals surface area contributed by atoms with Crippen LogP contribution in [0.5, 0.6) is 0 Å². The normalized spacial score (nSPS) is 16.0. The van der Waals surface area contributed by atoms with E-state index in [9.17, 15) is 4.79 Å². The Morgan fingerprint density at radius 1 is 1.14 bits per heavy atom. The molecule has 0 bridgehead atoms. The van der Waals surface area contributed by atoms with Crippen LogP contribution in [0.3, 0.4) is 0 Å². The van der Waals surface area contributed by atoms with E-state index >= 15 is 0 Å². The topological polar surface area (TPSA) is 71.8 Å². The summed E-state index contributed by atoms with van der Waals surface area (Å²) in [6.07, 6.45) is 12.2. The second-order valence-electron chi connectivity index (χ2n) is 5.61. The molecule has 0 aliphatic heterocycles. The fourth-order valence-electron chi connectivity index (χ4n) is 2.84. The van der Waals surface area contributed by atoms with Crippen molar-refractivity contribution < 1.29 is 4.79 Å². The molecule has 0 aromatic carbocycles. The molecule has 0 spiro atoms. The van der Waals surface area contributed by atoms with E-state index in [0.29, 0.717) is 11.5 Å². The van der Waals surface area contributed by atoms with E-state index in [2.05, 4.69) is 20.7 Å². The largest absolute Gasteiger partial charge is 0.335 e. The van der Waals surface area contributed by atoms with Gasteiger partial charge in [0.05, 0.1) is 5.69 Å². The predicted molar refractivity (Wildman–Crippen MR) is 85.0 cm³/mol. The summed E-state index contributed by atoms with van der Waals surface area (Å²) >= 11 is 0. The maximum Gasteiger partial charge on any atom is 0.319 e. The fraction of sp³-hybridized carbons (Fsp3) is 0.438. The summed E-state index contributed by atoms with van der Waals surface area (Å²) < 4.78 is 1.64. The van der Waals surface area contributed by atoms with Crippen molar-refractivity contribution in [2.45, 2.75) is 44.6 Å². The number of aromatic nitrogens is 3. The smallest absolute Gasteiger partial charge is 0.319 e. The summed E-state index contributed by atoms with van der Waals surface area (Å²) in [5, 5.41) is 10.1. The molecule has 1 aliphatic rings. The molecule has 6 nitrogen and oxygen atoms in total. The van der Waals surface area contributed by atoms with E-state index in [1.807, 2.05) is 12.1 Å². The molecular formula is C16H21N5O. The van der Waals surface area contributed by atoms with Gasteiger partial charge in [0.1, 0.15) is 0 Å². The Balaban J connectivity index is 1.66. The van der Waals surface area contributed by atoms with Crippen molar-refractivity contribution in [2.75, 3.05) is 5.32 Å². The zero-order valence-electron chi connectivity index (χ0n) is 12.5. The van der Waals surface area contributed by atoms with Crippen LogP contribution in [0.25, 0.3) is 5.82 Å². The molecule has 0 atom stereocenters. The minimum Gasteiger partial charge on any atom is -0.335 e. The van der Waals surface area contributed by atoms with Gasteiger partial charge < -0.3 is 10.6 Å². The van der Waals surface area contributed by atoms with E-state index in [0.717, 1.165) is 12.8 Å². The van der Waals surface area contributed by atoms with Gasteiger partial charge in [0.2, 0.25) is 0 Å². The number of nitrogens with zero attached hydrogens (tertiary/aromatic N) is 3. The number of amides is 2. The van der Waals surface area contributed by atoms with Gasteiger partial charge in [-0.2, -0.15) is 5.10 Å². The standard InChI is InChI=1S/C16H21N5O/c22-16(19-13-7-3-1-2-4-8-13)20-14-9-5-10-17-15(14)21-12-6-11-18-21/h5-6,9-13H,1-4,7-8H2,(H2,19,20,22). The van der Waals surface area contributed by atoms with Crippen LogP contribution in [0.4, 0.5) is 10.5 Å². The number of carbonyl (C=O) groups excluding carboxylic acids is 1. The lowest BCUT2D eigenvalue weighted by atomic mass is 10.1. The van der Waals surface area contributed by atoms with Crippen LogP contribution in [0.1, 0.15) is 38.5 Å². The lowest BCUT2D eigenvalue weighted by Gasteiger charge is -2.17. The highest BCUT2D eigenvalue weighted by Gasteiger charge is 2.16. The van der Waals surface area contributed by atoms with E-state index in [1.165, 1.54) is 25.7 Å². The van der Waals surface area contributed by atoms with Crippen LogP contribution < -0.4 is 10.6 Å². The molecule has 0 radical (unpaired) electrons. The van der Waals surface area contributed by atoms with E-state index in [1.54, 1.807) is 29.3 Å². The van der Waals surface area contributed by atoms with E-state index in [4.69, 9.17) is 0 Å². The Labute approximate surface area is 129 Å². The number of hydrogen-bond donors (Lipinski definition) is 2. The van der Waals surface area contributed by atoms with Crippen LogP contribution in [0, 0.1) is 0 Å². The Kier molecular flexibility index (Phi) is 4.68. The third-order valence-corrected chi connectivity index (χ3v) is 3.95. The highest BCUT2D eigenvalue weighted by atomic mass is 16.2. The quantitative estimate of drug-likeness (QED) is 0.855. The molecule has 1 fully saturated rings. The first kappa shape index (κ1) is 14.6. The zero-order valence-corrected chi connectivity index (χ0v) is 12.5. The summed E-state index contributed by atoms with van der Waals surface area (Å²) in [6, 6.07) is 5.55. The van der Waals surface area contributed by atoms with Crippen molar-refractivity contribution in [2.24, 2.45) is 0 Å². The zero-order chi connectivity index (χ0) is 15.2. The fourth-order valence-corrected chi connectivity index (χ4v) is 2.84. The Morgan fingerprint density at radius 3 is 2.68 bits per heavy atom. The van der Waals surface area contributed by atoms with Gasteiger partial charge in [-0.15, -0.1) is 0 Å². The van der Waals surface area contributed by atoms with E-state index in [-0.39, 0.29) is 12.1 Å². The Bertz CT molecular complexity index is 603. The lowest BCUT2D eigenvalue weighted by molar-refractivity contribution is 0.247.